The highest BCUT2D eigenvalue weighted by Gasteiger charge is 2.28. The topological polar surface area (TPSA) is 85.0 Å². The molecule has 2 aliphatic rings. The summed E-state index contributed by atoms with van der Waals surface area (Å²) in [5, 5.41) is 10.4. The lowest BCUT2D eigenvalue weighted by atomic mass is 9.95. The number of ether oxygens (including phenoxy) is 2. The lowest BCUT2D eigenvalue weighted by Gasteiger charge is -2.26. The predicted molar refractivity (Wildman–Crippen MR) is 85.2 cm³/mol. The molecule has 0 bridgehead atoms. The summed E-state index contributed by atoms with van der Waals surface area (Å²) < 4.78 is 10.8. The Balaban J connectivity index is 1.88. The van der Waals surface area contributed by atoms with Crippen molar-refractivity contribution in [2.24, 2.45) is 5.73 Å². The Labute approximate surface area is 135 Å². The van der Waals surface area contributed by atoms with E-state index in [-0.39, 0.29) is 12.5 Å². The molecule has 3 rings (SSSR count). The van der Waals surface area contributed by atoms with Crippen molar-refractivity contribution < 1.29 is 19.4 Å². The van der Waals surface area contributed by atoms with Crippen molar-refractivity contribution in [1.82, 2.24) is 0 Å². The minimum absolute atomic E-state index is 0.154. The number of anilines is 1. The maximum atomic E-state index is 12.1. The molecule has 3 N–H and O–H groups in total. The molecule has 0 spiro atoms. The maximum Gasteiger partial charge on any atom is 0.247 e. The van der Waals surface area contributed by atoms with Crippen molar-refractivity contribution in [2.75, 3.05) is 31.8 Å². The first-order valence-corrected chi connectivity index (χ1v) is 7.62. The lowest BCUT2D eigenvalue weighted by Crippen LogP contribution is -2.43. The van der Waals surface area contributed by atoms with Gasteiger partial charge in [0.15, 0.2) is 0 Å². The SMILES string of the molecule is CN1C(=O)[C@@H](N)COc2ccc(C#CC3(O)CCOCC3)cc21. The van der Waals surface area contributed by atoms with Gasteiger partial charge >= 0.3 is 0 Å². The average Bonchev–Trinajstić information content (AvgIpc) is 2.66. The van der Waals surface area contributed by atoms with Crippen LogP contribution in [0.3, 0.4) is 0 Å². The highest BCUT2D eigenvalue weighted by atomic mass is 16.5. The Morgan fingerprint density at radius 1 is 1.39 bits per heavy atom. The summed E-state index contributed by atoms with van der Waals surface area (Å²) in [4.78, 5) is 13.6. The molecule has 1 aromatic carbocycles. The third-order valence-electron chi connectivity index (χ3n) is 4.15. The number of benzene rings is 1. The summed E-state index contributed by atoms with van der Waals surface area (Å²) in [6.07, 6.45) is 1.00. The smallest absolute Gasteiger partial charge is 0.247 e. The normalized spacial score (nSPS) is 23.2. The molecular formula is C17H20N2O4. The average molecular weight is 316 g/mol. The quantitative estimate of drug-likeness (QED) is 0.671. The summed E-state index contributed by atoms with van der Waals surface area (Å²) in [6.45, 7) is 1.18. The number of rotatable bonds is 0. The van der Waals surface area contributed by atoms with Gasteiger partial charge < -0.3 is 25.2 Å². The van der Waals surface area contributed by atoms with Crippen LogP contribution in [0.2, 0.25) is 0 Å². The number of nitrogens with zero attached hydrogens (tertiary/aromatic N) is 1. The van der Waals surface area contributed by atoms with Crippen LogP contribution in [0.15, 0.2) is 18.2 Å². The Hall–Kier alpha value is -2.07. The Morgan fingerprint density at radius 2 is 2.13 bits per heavy atom. The van der Waals surface area contributed by atoms with E-state index in [0.29, 0.717) is 43.1 Å². The highest BCUT2D eigenvalue weighted by Crippen LogP contribution is 2.31. The predicted octanol–water partition coefficient (Wildman–Crippen LogP) is 0.262. The Bertz CT molecular complexity index is 671. The van der Waals surface area contributed by atoms with E-state index in [2.05, 4.69) is 11.8 Å². The van der Waals surface area contributed by atoms with Crippen molar-refractivity contribution in [3.63, 3.8) is 0 Å². The molecule has 1 fully saturated rings. The number of fused-ring (bicyclic) bond motifs is 1. The second-order valence-corrected chi connectivity index (χ2v) is 5.89. The minimum atomic E-state index is -1.01. The third kappa shape index (κ3) is 3.32. The first-order valence-electron chi connectivity index (χ1n) is 7.62. The van der Waals surface area contributed by atoms with Crippen LogP contribution in [0.4, 0.5) is 5.69 Å². The number of hydrogen-bond acceptors (Lipinski definition) is 5. The van der Waals surface area contributed by atoms with Gasteiger partial charge in [-0.1, -0.05) is 11.8 Å². The zero-order chi connectivity index (χ0) is 16.4. The largest absolute Gasteiger partial charge is 0.489 e. The molecule has 2 aliphatic heterocycles. The minimum Gasteiger partial charge on any atom is -0.489 e. The number of aliphatic hydroxyl groups is 1. The molecule has 6 nitrogen and oxygen atoms in total. The van der Waals surface area contributed by atoms with Crippen molar-refractivity contribution >= 4 is 11.6 Å². The number of likely N-dealkylation sites (N-methyl/N-ethyl adjacent to an activating group) is 1. The van der Waals surface area contributed by atoms with Crippen LogP contribution < -0.4 is 15.4 Å². The van der Waals surface area contributed by atoms with Gasteiger partial charge in [-0.25, -0.2) is 0 Å². The fourth-order valence-electron chi connectivity index (χ4n) is 2.62. The Morgan fingerprint density at radius 3 is 2.87 bits per heavy atom. The first-order chi connectivity index (χ1) is 11.0. The van der Waals surface area contributed by atoms with Crippen LogP contribution in [0.5, 0.6) is 5.75 Å². The van der Waals surface area contributed by atoms with Crippen LogP contribution in [0, 0.1) is 11.8 Å². The van der Waals surface area contributed by atoms with E-state index in [1.165, 1.54) is 4.90 Å². The molecule has 23 heavy (non-hydrogen) atoms. The van der Waals surface area contributed by atoms with E-state index in [1.807, 2.05) is 6.07 Å². The molecule has 1 aromatic rings. The number of carbonyl (C=O) groups is 1. The molecule has 1 atom stereocenters. The fraction of sp³-hybridized carbons (Fsp3) is 0.471. The summed E-state index contributed by atoms with van der Waals surface area (Å²) in [6, 6.07) is 4.68. The molecule has 1 amide bonds. The van der Waals surface area contributed by atoms with Crippen LogP contribution in [0.1, 0.15) is 18.4 Å². The van der Waals surface area contributed by atoms with Crippen molar-refractivity contribution in [1.29, 1.82) is 0 Å². The van der Waals surface area contributed by atoms with Gasteiger partial charge in [-0.3, -0.25) is 4.79 Å². The van der Waals surface area contributed by atoms with E-state index in [9.17, 15) is 9.90 Å². The summed E-state index contributed by atoms with van der Waals surface area (Å²) in [5.74, 6) is 6.32. The molecule has 0 unspecified atom stereocenters. The molecule has 0 aromatic heterocycles. The van der Waals surface area contributed by atoms with Gasteiger partial charge in [0, 0.05) is 25.5 Å². The standard InChI is InChI=1S/C17H20N2O4/c1-19-14-10-12(4-5-17(21)6-8-22-9-7-17)2-3-15(14)23-11-13(18)16(19)20/h2-3,10,13,21H,6-9,11,18H2,1H3/t13-/m0/s1. The summed E-state index contributed by atoms with van der Waals surface area (Å²) >= 11 is 0. The van der Waals surface area contributed by atoms with Gasteiger partial charge in [0.05, 0.1) is 18.9 Å². The van der Waals surface area contributed by atoms with Gasteiger partial charge in [0.2, 0.25) is 5.91 Å². The van der Waals surface area contributed by atoms with E-state index in [4.69, 9.17) is 15.2 Å². The molecule has 1 saturated heterocycles. The lowest BCUT2D eigenvalue weighted by molar-refractivity contribution is -0.119. The zero-order valence-electron chi connectivity index (χ0n) is 13.0. The van der Waals surface area contributed by atoms with Crippen LogP contribution in [-0.2, 0) is 9.53 Å². The number of carbonyl (C=O) groups excluding carboxylic acids is 1. The second-order valence-electron chi connectivity index (χ2n) is 5.89. The van der Waals surface area contributed by atoms with Crippen LogP contribution in [-0.4, -0.2) is 49.5 Å². The number of amides is 1. The molecule has 0 radical (unpaired) electrons. The van der Waals surface area contributed by atoms with E-state index < -0.39 is 11.6 Å². The highest BCUT2D eigenvalue weighted by molar-refractivity contribution is 5.98. The van der Waals surface area contributed by atoms with E-state index in [1.54, 1.807) is 19.2 Å². The van der Waals surface area contributed by atoms with E-state index >= 15 is 0 Å². The van der Waals surface area contributed by atoms with Crippen LogP contribution in [0.25, 0.3) is 0 Å². The van der Waals surface area contributed by atoms with Crippen molar-refractivity contribution in [3.05, 3.63) is 23.8 Å². The maximum absolute atomic E-state index is 12.1. The summed E-state index contributed by atoms with van der Waals surface area (Å²) in [7, 11) is 1.67. The molecule has 6 heteroatoms. The van der Waals surface area contributed by atoms with Gasteiger partial charge in [0.1, 0.15) is 24.0 Å². The van der Waals surface area contributed by atoms with Crippen LogP contribution >= 0.6 is 0 Å². The number of hydrogen-bond donors (Lipinski definition) is 2. The molecule has 0 aliphatic carbocycles. The Kier molecular flexibility index (Phi) is 4.26. The van der Waals surface area contributed by atoms with Crippen molar-refractivity contribution in [2.45, 2.75) is 24.5 Å². The van der Waals surface area contributed by atoms with Gasteiger partial charge in [-0.2, -0.15) is 0 Å². The molecule has 0 saturated carbocycles. The molecular weight excluding hydrogens is 296 g/mol. The third-order valence-corrected chi connectivity index (χ3v) is 4.15. The summed E-state index contributed by atoms with van der Waals surface area (Å²) in [5.41, 5.74) is 6.11. The van der Waals surface area contributed by atoms with E-state index in [0.717, 1.165) is 0 Å². The van der Waals surface area contributed by atoms with Gasteiger partial charge in [-0.05, 0) is 18.2 Å². The fourth-order valence-corrected chi connectivity index (χ4v) is 2.62. The second kappa shape index (κ2) is 6.20. The first kappa shape index (κ1) is 15.8. The molecule has 122 valence electrons. The zero-order valence-corrected chi connectivity index (χ0v) is 13.0. The van der Waals surface area contributed by atoms with Crippen molar-refractivity contribution in [3.8, 4) is 17.6 Å². The molecule has 2 heterocycles. The number of nitrogens with two attached hydrogens (primary N) is 1. The van der Waals surface area contributed by atoms with Gasteiger partial charge in [0.25, 0.3) is 0 Å². The monoisotopic (exact) mass is 316 g/mol. The van der Waals surface area contributed by atoms with Gasteiger partial charge in [-0.15, -0.1) is 0 Å².